The van der Waals surface area contributed by atoms with Crippen LogP contribution in [0.5, 0.6) is 17.2 Å². The van der Waals surface area contributed by atoms with Gasteiger partial charge >= 0.3 is 6.03 Å². The smallest absolute Gasteiger partial charge is 0.351 e. The third-order valence-electron chi connectivity index (χ3n) is 8.66. The van der Waals surface area contributed by atoms with Gasteiger partial charge < -0.3 is 19.5 Å². The minimum absolute atomic E-state index is 0.0168. The molecule has 4 heterocycles. The summed E-state index contributed by atoms with van der Waals surface area (Å²) in [5.74, 6) is 1.12. The van der Waals surface area contributed by atoms with Crippen molar-refractivity contribution in [2.75, 3.05) is 11.7 Å². The van der Waals surface area contributed by atoms with E-state index in [1.54, 1.807) is 53.7 Å². The molecule has 2 N–H and O–H groups in total. The molecule has 0 spiro atoms. The second-order valence-corrected chi connectivity index (χ2v) is 12.1. The van der Waals surface area contributed by atoms with Gasteiger partial charge in [-0.3, -0.25) is 20.1 Å². The van der Waals surface area contributed by atoms with Crippen molar-refractivity contribution in [3.63, 3.8) is 0 Å². The number of nitrogens with one attached hydrogen (secondary N) is 1. The van der Waals surface area contributed by atoms with E-state index < -0.39 is 6.03 Å². The van der Waals surface area contributed by atoms with Crippen LogP contribution >= 0.6 is 0 Å². The molecule has 0 bridgehead atoms. The van der Waals surface area contributed by atoms with E-state index in [1.807, 2.05) is 43.0 Å². The molecule has 1 aromatic heterocycles. The lowest BCUT2D eigenvalue weighted by molar-refractivity contribution is 0.0657. The molecule has 3 aliphatic rings. The second-order valence-electron chi connectivity index (χ2n) is 12.1. The number of urea groups is 1. The number of amides is 3. The van der Waals surface area contributed by atoms with Crippen molar-refractivity contribution in [1.29, 1.82) is 0 Å². The average Bonchev–Trinajstić information content (AvgIpc) is 3.56. The van der Waals surface area contributed by atoms with Crippen LogP contribution in [-0.2, 0) is 13.0 Å². The first kappa shape index (κ1) is 29.9. The number of hydrogen-bond acceptors (Lipinski definition) is 7. The van der Waals surface area contributed by atoms with Crippen LogP contribution in [-0.4, -0.2) is 44.8 Å². The van der Waals surface area contributed by atoms with Gasteiger partial charge in [0.1, 0.15) is 5.75 Å². The number of pyridine rings is 1. The summed E-state index contributed by atoms with van der Waals surface area (Å²) in [6, 6.07) is 21.4. The zero-order chi connectivity index (χ0) is 32.7. The van der Waals surface area contributed by atoms with Crippen molar-refractivity contribution in [3.05, 3.63) is 125 Å². The Morgan fingerprint density at radius 2 is 1.72 bits per heavy atom. The molecule has 4 aromatic rings. The Balaban J connectivity index is 1.23. The quantitative estimate of drug-likeness (QED) is 0.248. The predicted octanol–water partition coefficient (Wildman–Crippen LogP) is 6.86. The number of aromatic nitrogens is 1. The molecule has 238 valence electrons. The standard InChI is InChI=1S/C37H35N5O5/c1-23(2)33-18-28(14-15-38-33)42(27-10-12-29(43)13-11-27)37(45)41-16-6-9-32(39-41)30-19-34-35(47-22-46-34)20-31(30)36(44)40-21-26-8-5-4-7-25(26)17-24(40)3/h4-16,18-20,23-24,39,43H,17,21-22H2,1-3H3/t24-/m1/s1. The summed E-state index contributed by atoms with van der Waals surface area (Å²) in [7, 11) is 0. The van der Waals surface area contributed by atoms with Gasteiger partial charge in [-0.2, -0.15) is 0 Å². The van der Waals surface area contributed by atoms with E-state index in [1.165, 1.54) is 22.7 Å². The van der Waals surface area contributed by atoms with E-state index in [2.05, 4.69) is 29.5 Å². The topological polar surface area (TPSA) is 107 Å². The molecular weight excluding hydrogens is 594 g/mol. The van der Waals surface area contributed by atoms with E-state index in [0.717, 1.165) is 17.7 Å². The Bertz CT molecular complexity index is 1920. The number of carbonyl (C=O) groups excluding carboxylic acids is 2. The lowest BCUT2D eigenvalue weighted by Crippen LogP contribution is -2.46. The first-order valence-electron chi connectivity index (χ1n) is 15.6. The molecule has 10 nitrogen and oxygen atoms in total. The van der Waals surface area contributed by atoms with Crippen LogP contribution in [0.3, 0.4) is 0 Å². The molecular formula is C37H35N5O5. The maximum absolute atomic E-state index is 14.4. The Morgan fingerprint density at radius 1 is 0.979 bits per heavy atom. The molecule has 0 saturated carbocycles. The molecule has 0 aliphatic carbocycles. The normalized spacial score (nSPS) is 16.4. The van der Waals surface area contributed by atoms with Crippen LogP contribution in [0.4, 0.5) is 16.2 Å². The fourth-order valence-corrected chi connectivity index (χ4v) is 6.11. The van der Waals surface area contributed by atoms with Gasteiger partial charge in [0, 0.05) is 36.2 Å². The molecule has 0 saturated heterocycles. The highest BCUT2D eigenvalue weighted by atomic mass is 16.7. The molecule has 3 aromatic carbocycles. The number of allylic oxidation sites excluding steroid dienone is 2. The summed E-state index contributed by atoms with van der Waals surface area (Å²) in [5.41, 5.74) is 9.17. The summed E-state index contributed by atoms with van der Waals surface area (Å²) in [5, 5.41) is 11.3. The van der Waals surface area contributed by atoms with Crippen molar-refractivity contribution in [3.8, 4) is 17.2 Å². The number of benzene rings is 3. The minimum atomic E-state index is -0.409. The maximum atomic E-state index is 14.4. The molecule has 7 rings (SSSR count). The number of fused-ring (bicyclic) bond motifs is 2. The molecule has 3 amide bonds. The van der Waals surface area contributed by atoms with E-state index in [9.17, 15) is 14.7 Å². The van der Waals surface area contributed by atoms with Gasteiger partial charge in [-0.1, -0.05) is 38.1 Å². The summed E-state index contributed by atoms with van der Waals surface area (Å²) >= 11 is 0. The second kappa shape index (κ2) is 12.2. The highest BCUT2D eigenvalue weighted by Gasteiger charge is 2.33. The third-order valence-corrected chi connectivity index (χ3v) is 8.66. The van der Waals surface area contributed by atoms with Crippen LogP contribution < -0.4 is 19.8 Å². The predicted molar refractivity (Wildman–Crippen MR) is 178 cm³/mol. The number of hydrazine groups is 1. The number of phenols is 1. The Labute approximate surface area is 273 Å². The number of anilines is 2. The minimum Gasteiger partial charge on any atom is -0.508 e. The molecule has 0 radical (unpaired) electrons. The zero-order valence-corrected chi connectivity index (χ0v) is 26.4. The van der Waals surface area contributed by atoms with Crippen LogP contribution in [0.15, 0.2) is 97.3 Å². The highest BCUT2D eigenvalue weighted by Crippen LogP contribution is 2.39. The molecule has 1 atom stereocenters. The van der Waals surface area contributed by atoms with Crippen molar-refractivity contribution in [1.82, 2.24) is 20.3 Å². The monoisotopic (exact) mass is 629 g/mol. The fourth-order valence-electron chi connectivity index (χ4n) is 6.11. The third kappa shape index (κ3) is 5.74. The van der Waals surface area contributed by atoms with E-state index in [4.69, 9.17) is 9.47 Å². The number of phenolic OH excluding ortho intramolecular Hbond substituents is 1. The van der Waals surface area contributed by atoms with Crippen LogP contribution in [0.25, 0.3) is 5.70 Å². The largest absolute Gasteiger partial charge is 0.508 e. The highest BCUT2D eigenvalue weighted by molar-refractivity contribution is 6.02. The molecule has 3 aliphatic heterocycles. The van der Waals surface area contributed by atoms with Gasteiger partial charge in [-0.15, -0.1) is 0 Å². The number of aromatic hydroxyl groups is 1. The Hall–Kier alpha value is -5.77. The van der Waals surface area contributed by atoms with Crippen molar-refractivity contribution in [2.24, 2.45) is 0 Å². The van der Waals surface area contributed by atoms with E-state index >= 15 is 0 Å². The van der Waals surface area contributed by atoms with Gasteiger partial charge in [-0.05, 0) is 91.1 Å². The van der Waals surface area contributed by atoms with Crippen molar-refractivity contribution < 1.29 is 24.2 Å². The van der Waals surface area contributed by atoms with E-state index in [-0.39, 0.29) is 30.4 Å². The average molecular weight is 630 g/mol. The van der Waals surface area contributed by atoms with Crippen molar-refractivity contribution >= 4 is 29.0 Å². The van der Waals surface area contributed by atoms with Gasteiger partial charge in [-0.25, -0.2) is 9.80 Å². The molecule has 0 unspecified atom stereocenters. The summed E-state index contributed by atoms with van der Waals surface area (Å²) in [6.45, 7) is 6.69. The number of carbonyl (C=O) groups is 2. The molecule has 0 fully saturated rings. The first-order valence-corrected chi connectivity index (χ1v) is 15.6. The Kier molecular flexibility index (Phi) is 7.77. The SMILES string of the molecule is CC(C)c1cc(N(C(=O)N2C=CC=C(c3cc4c(cc3C(=O)N3Cc5ccccc5C[C@H]3C)OCO4)N2)c2ccc(O)cc2)ccn1. The lowest BCUT2D eigenvalue weighted by atomic mass is 9.93. The number of nitrogens with zero attached hydrogens (tertiary/aromatic N) is 4. The molecule has 47 heavy (non-hydrogen) atoms. The van der Waals surface area contributed by atoms with E-state index in [0.29, 0.717) is 46.2 Å². The summed E-state index contributed by atoms with van der Waals surface area (Å²) < 4.78 is 11.4. The molecule has 10 heteroatoms. The van der Waals surface area contributed by atoms with Gasteiger partial charge in [0.2, 0.25) is 6.79 Å². The lowest BCUT2D eigenvalue weighted by Gasteiger charge is -2.36. The van der Waals surface area contributed by atoms with Gasteiger partial charge in [0.25, 0.3) is 5.91 Å². The number of rotatable bonds is 5. The van der Waals surface area contributed by atoms with Crippen LogP contribution in [0, 0.1) is 0 Å². The number of ether oxygens (including phenoxy) is 2. The summed E-state index contributed by atoms with van der Waals surface area (Å²) in [6.07, 6.45) is 7.64. The van der Waals surface area contributed by atoms with Gasteiger partial charge in [0.15, 0.2) is 11.5 Å². The maximum Gasteiger partial charge on any atom is 0.351 e. The first-order chi connectivity index (χ1) is 22.8. The fraction of sp³-hybridized carbons (Fsp3) is 0.216. The number of hydrogen-bond donors (Lipinski definition) is 2. The van der Waals surface area contributed by atoms with Crippen LogP contribution in [0.1, 0.15) is 59.4 Å². The van der Waals surface area contributed by atoms with Crippen molar-refractivity contribution in [2.45, 2.75) is 45.7 Å². The summed E-state index contributed by atoms with van der Waals surface area (Å²) in [4.78, 5) is 36.6. The van der Waals surface area contributed by atoms with Crippen LogP contribution in [0.2, 0.25) is 0 Å². The van der Waals surface area contributed by atoms with Gasteiger partial charge in [0.05, 0.1) is 22.6 Å². The Morgan fingerprint density at radius 3 is 2.49 bits per heavy atom. The zero-order valence-electron chi connectivity index (χ0n) is 26.4.